The van der Waals surface area contributed by atoms with Crippen LogP contribution in [0.25, 0.3) is 11.1 Å². The van der Waals surface area contributed by atoms with Crippen molar-refractivity contribution in [2.24, 2.45) is 5.92 Å². The first-order valence-corrected chi connectivity index (χ1v) is 11.3. The summed E-state index contributed by atoms with van der Waals surface area (Å²) in [6.45, 7) is 4.02. The van der Waals surface area contributed by atoms with Crippen LogP contribution in [0.1, 0.15) is 22.8 Å². The van der Waals surface area contributed by atoms with E-state index in [2.05, 4.69) is 29.2 Å². The Bertz CT molecular complexity index is 1100. The van der Waals surface area contributed by atoms with E-state index in [1.807, 2.05) is 42.2 Å². The molecule has 2 heterocycles. The van der Waals surface area contributed by atoms with Crippen molar-refractivity contribution in [3.05, 3.63) is 84.1 Å². The van der Waals surface area contributed by atoms with Gasteiger partial charge in [-0.3, -0.25) is 9.59 Å². The molecule has 1 fully saturated rings. The number of nitrogens with zero attached hydrogens (tertiary/aromatic N) is 3. The van der Waals surface area contributed by atoms with Crippen LogP contribution in [0.2, 0.25) is 0 Å². The zero-order valence-corrected chi connectivity index (χ0v) is 19.1. The summed E-state index contributed by atoms with van der Waals surface area (Å²) in [5.74, 6) is 0.137. The molecule has 1 unspecified atom stereocenters. The minimum absolute atomic E-state index is 0.100. The molecule has 33 heavy (non-hydrogen) atoms. The maximum Gasteiger partial charge on any atom is 0.255 e. The van der Waals surface area contributed by atoms with Gasteiger partial charge in [-0.1, -0.05) is 54.6 Å². The molecule has 6 nitrogen and oxygen atoms in total. The number of methoxy groups -OCH3 is 1. The average molecular weight is 444 g/mol. The number of carbonyl (C=O) groups excluding carboxylic acids is 2. The van der Waals surface area contributed by atoms with E-state index in [-0.39, 0.29) is 17.7 Å². The van der Waals surface area contributed by atoms with Crippen LogP contribution < -0.4 is 4.74 Å². The molecule has 3 aromatic rings. The minimum atomic E-state index is -0.313. The molecule has 0 saturated carbocycles. The van der Waals surface area contributed by atoms with E-state index in [1.54, 1.807) is 24.1 Å². The van der Waals surface area contributed by atoms with E-state index in [0.29, 0.717) is 44.0 Å². The molecule has 0 N–H and O–H groups in total. The second-order valence-corrected chi connectivity index (χ2v) is 8.18. The minimum Gasteiger partial charge on any atom is -0.481 e. The predicted molar refractivity (Wildman–Crippen MR) is 128 cm³/mol. The molecule has 1 saturated heterocycles. The largest absolute Gasteiger partial charge is 0.481 e. The van der Waals surface area contributed by atoms with Crippen molar-refractivity contribution in [3.8, 4) is 17.0 Å². The van der Waals surface area contributed by atoms with Gasteiger partial charge in [0.2, 0.25) is 11.8 Å². The van der Waals surface area contributed by atoms with Crippen molar-refractivity contribution in [2.45, 2.75) is 13.3 Å². The van der Waals surface area contributed by atoms with Crippen molar-refractivity contribution < 1.29 is 14.3 Å². The number of amides is 2. The Hall–Kier alpha value is -3.67. The molecule has 1 aliphatic heterocycles. The summed E-state index contributed by atoms with van der Waals surface area (Å²) in [4.78, 5) is 34.4. The Labute approximate surface area is 194 Å². The highest BCUT2D eigenvalue weighted by Gasteiger charge is 2.32. The highest BCUT2D eigenvalue weighted by Crippen LogP contribution is 2.27. The topological polar surface area (TPSA) is 62.7 Å². The molecular weight excluding hydrogens is 414 g/mol. The molecule has 6 heteroatoms. The third-order valence-corrected chi connectivity index (χ3v) is 6.17. The average Bonchev–Trinajstić information content (AvgIpc) is 3.03. The summed E-state index contributed by atoms with van der Waals surface area (Å²) in [6.07, 6.45) is 2.11. The predicted octanol–water partition coefficient (Wildman–Crippen LogP) is 3.92. The van der Waals surface area contributed by atoms with E-state index in [0.717, 1.165) is 16.7 Å². The number of carbonyl (C=O) groups is 2. The number of aromatic nitrogens is 1. The van der Waals surface area contributed by atoms with Gasteiger partial charge in [0, 0.05) is 38.4 Å². The number of pyridine rings is 1. The second kappa shape index (κ2) is 10.3. The van der Waals surface area contributed by atoms with Crippen LogP contribution in [0.4, 0.5) is 0 Å². The smallest absolute Gasteiger partial charge is 0.255 e. The Balaban J connectivity index is 1.61. The van der Waals surface area contributed by atoms with Crippen molar-refractivity contribution in [1.29, 1.82) is 0 Å². The zero-order chi connectivity index (χ0) is 23.2. The number of rotatable bonds is 6. The van der Waals surface area contributed by atoms with Crippen molar-refractivity contribution in [2.75, 3.05) is 33.3 Å². The summed E-state index contributed by atoms with van der Waals surface area (Å²) >= 11 is 0. The van der Waals surface area contributed by atoms with Crippen molar-refractivity contribution >= 4 is 11.8 Å². The monoisotopic (exact) mass is 443 g/mol. The van der Waals surface area contributed by atoms with Crippen LogP contribution in [-0.2, 0) is 11.2 Å². The van der Waals surface area contributed by atoms with Gasteiger partial charge >= 0.3 is 0 Å². The highest BCUT2D eigenvalue weighted by molar-refractivity contribution is 5.94. The number of ether oxygens (including phenoxy) is 1. The van der Waals surface area contributed by atoms with Gasteiger partial charge in [0.1, 0.15) is 0 Å². The number of likely N-dealkylation sites (N-methyl/N-ethyl adjacent to an activating group) is 1. The van der Waals surface area contributed by atoms with Crippen LogP contribution in [0.5, 0.6) is 5.88 Å². The summed E-state index contributed by atoms with van der Waals surface area (Å²) in [5, 5.41) is 0. The molecule has 0 spiro atoms. The molecule has 0 bridgehead atoms. The van der Waals surface area contributed by atoms with Crippen LogP contribution in [0, 0.1) is 5.92 Å². The fourth-order valence-corrected chi connectivity index (χ4v) is 4.37. The summed E-state index contributed by atoms with van der Waals surface area (Å²) < 4.78 is 5.10. The third kappa shape index (κ3) is 5.06. The van der Waals surface area contributed by atoms with Gasteiger partial charge in [0.15, 0.2) is 0 Å². The maximum atomic E-state index is 13.4. The van der Waals surface area contributed by atoms with Gasteiger partial charge in [-0.2, -0.15) is 0 Å². The third-order valence-electron chi connectivity index (χ3n) is 6.17. The van der Waals surface area contributed by atoms with E-state index in [9.17, 15) is 9.59 Å². The van der Waals surface area contributed by atoms with Crippen molar-refractivity contribution in [3.63, 3.8) is 0 Å². The maximum absolute atomic E-state index is 13.4. The van der Waals surface area contributed by atoms with Gasteiger partial charge in [-0.25, -0.2) is 4.98 Å². The first kappa shape index (κ1) is 22.5. The first-order chi connectivity index (χ1) is 16.1. The van der Waals surface area contributed by atoms with E-state index < -0.39 is 0 Å². The number of hydrogen-bond acceptors (Lipinski definition) is 4. The fourth-order valence-electron chi connectivity index (χ4n) is 4.37. The molecule has 0 radical (unpaired) electrons. The van der Waals surface area contributed by atoms with E-state index >= 15 is 0 Å². The normalized spacial score (nSPS) is 16.4. The summed E-state index contributed by atoms with van der Waals surface area (Å²) in [6, 6.07) is 21.8. The fraction of sp³-hybridized carbons (Fsp3) is 0.296. The van der Waals surface area contributed by atoms with Gasteiger partial charge in [-0.15, -0.1) is 0 Å². The van der Waals surface area contributed by atoms with E-state index in [1.165, 1.54) is 6.20 Å². The molecule has 0 aliphatic carbocycles. The van der Waals surface area contributed by atoms with Crippen LogP contribution >= 0.6 is 0 Å². The van der Waals surface area contributed by atoms with Gasteiger partial charge < -0.3 is 14.5 Å². The Morgan fingerprint density at radius 2 is 1.79 bits per heavy atom. The molecule has 2 amide bonds. The molecule has 1 aromatic heterocycles. The lowest BCUT2D eigenvalue weighted by molar-refractivity contribution is -0.134. The quantitative estimate of drug-likeness (QED) is 0.579. The molecule has 170 valence electrons. The van der Waals surface area contributed by atoms with Gasteiger partial charge in [0.25, 0.3) is 5.91 Å². The highest BCUT2D eigenvalue weighted by atomic mass is 16.5. The Morgan fingerprint density at radius 3 is 2.48 bits per heavy atom. The molecule has 1 aliphatic rings. The van der Waals surface area contributed by atoms with Crippen LogP contribution in [-0.4, -0.2) is 59.9 Å². The molecule has 4 rings (SSSR count). The first-order valence-electron chi connectivity index (χ1n) is 11.3. The molecule has 2 aromatic carbocycles. The van der Waals surface area contributed by atoms with Crippen molar-refractivity contribution in [1.82, 2.24) is 14.8 Å². The van der Waals surface area contributed by atoms with Gasteiger partial charge in [-0.05, 0) is 36.1 Å². The van der Waals surface area contributed by atoms with Crippen LogP contribution in [0.3, 0.4) is 0 Å². The Kier molecular flexibility index (Phi) is 7.03. The Morgan fingerprint density at radius 1 is 1.03 bits per heavy atom. The number of benzene rings is 2. The zero-order valence-electron chi connectivity index (χ0n) is 19.1. The molecule has 1 atom stereocenters. The standard InChI is InChI=1S/C27H29N3O3/c1-3-29-15-16-30(26(31)22-13-14-25(33-2)28-18-22)19-23(27(29)32)17-21-11-7-8-12-24(21)20-9-5-4-6-10-20/h4-14,18,23H,3,15-17,19H2,1-2H3. The lowest BCUT2D eigenvalue weighted by atomic mass is 9.91. The van der Waals surface area contributed by atoms with Gasteiger partial charge in [0.05, 0.1) is 18.6 Å². The summed E-state index contributed by atoms with van der Waals surface area (Å²) in [7, 11) is 1.54. The summed E-state index contributed by atoms with van der Waals surface area (Å²) in [5.41, 5.74) is 3.85. The lowest BCUT2D eigenvalue weighted by Gasteiger charge is -2.24. The van der Waals surface area contributed by atoms with Crippen LogP contribution in [0.15, 0.2) is 72.9 Å². The second-order valence-electron chi connectivity index (χ2n) is 8.18. The number of hydrogen-bond donors (Lipinski definition) is 0. The SMILES string of the molecule is CCN1CCN(C(=O)c2ccc(OC)nc2)CC(Cc2ccccc2-c2ccccc2)C1=O. The lowest BCUT2D eigenvalue weighted by Crippen LogP contribution is -2.38. The molecular formula is C27H29N3O3. The van der Waals surface area contributed by atoms with E-state index in [4.69, 9.17) is 4.74 Å².